The molecule has 1 fully saturated rings. The first-order chi connectivity index (χ1) is 12.4. The first-order valence-corrected chi connectivity index (χ1v) is 8.66. The molecule has 0 atom stereocenters. The molecule has 0 N–H and O–H groups in total. The van der Waals surface area contributed by atoms with Gasteiger partial charge in [-0.05, 0) is 41.5 Å². The van der Waals surface area contributed by atoms with E-state index < -0.39 is 23.4 Å². The number of anilines is 1. The Morgan fingerprint density at radius 2 is 1.59 bits per heavy atom. The summed E-state index contributed by atoms with van der Waals surface area (Å²) in [5.74, 6) is 0.566. The highest BCUT2D eigenvalue weighted by molar-refractivity contribution is 6.09. The van der Waals surface area contributed by atoms with Crippen LogP contribution in [0.1, 0.15) is 53.3 Å². The van der Waals surface area contributed by atoms with Crippen molar-refractivity contribution >= 4 is 18.0 Å². The Hall–Kier alpha value is -2.42. The number of methoxy groups -OCH3 is 1. The van der Waals surface area contributed by atoms with Gasteiger partial charge in [-0.15, -0.1) is 0 Å². The number of carbonyl (C=O) groups is 2. The summed E-state index contributed by atoms with van der Waals surface area (Å²) >= 11 is 0. The summed E-state index contributed by atoms with van der Waals surface area (Å²) in [7, 11) is 1.40. The van der Waals surface area contributed by atoms with Gasteiger partial charge in [0.2, 0.25) is 0 Å². The van der Waals surface area contributed by atoms with E-state index in [9.17, 15) is 9.59 Å². The highest BCUT2D eigenvalue weighted by Gasteiger charge is 2.36. The number of ether oxygens (including phenoxy) is 4. The topological polar surface area (TPSA) is 100 Å². The Bertz CT molecular complexity index is 676. The molecule has 150 valence electrons. The van der Waals surface area contributed by atoms with Crippen molar-refractivity contribution in [2.45, 2.75) is 58.7 Å². The Labute approximate surface area is 159 Å². The fourth-order valence-electron chi connectivity index (χ4n) is 2.12. The minimum Gasteiger partial charge on any atom is -0.491 e. The van der Waals surface area contributed by atoms with Crippen molar-refractivity contribution in [2.75, 3.05) is 25.2 Å². The second kappa shape index (κ2) is 7.67. The fraction of sp³-hybridized carbons (Fsp3) is 0.667. The number of hydrogen-bond acceptors (Lipinski definition) is 8. The average molecular weight is 381 g/mol. The van der Waals surface area contributed by atoms with Crippen LogP contribution < -0.4 is 9.64 Å². The molecule has 1 aromatic rings. The molecule has 1 aliphatic heterocycles. The quantitative estimate of drug-likeness (QED) is 0.786. The number of imide groups is 1. The lowest BCUT2D eigenvalue weighted by molar-refractivity contribution is 0.00482. The molecular weight excluding hydrogens is 354 g/mol. The van der Waals surface area contributed by atoms with Gasteiger partial charge in [0.05, 0.1) is 32.4 Å². The molecule has 9 heteroatoms. The van der Waals surface area contributed by atoms with E-state index in [1.54, 1.807) is 41.5 Å². The maximum atomic E-state index is 12.8. The number of rotatable bonds is 3. The highest BCUT2D eigenvalue weighted by Crippen LogP contribution is 2.31. The van der Waals surface area contributed by atoms with Crippen LogP contribution in [0.25, 0.3) is 0 Å². The lowest BCUT2D eigenvalue weighted by atomic mass is 10.1. The molecule has 0 radical (unpaired) electrons. The summed E-state index contributed by atoms with van der Waals surface area (Å²) in [6, 6.07) is 0. The van der Waals surface area contributed by atoms with Crippen LogP contribution in [0, 0.1) is 0 Å². The monoisotopic (exact) mass is 381 g/mol. The van der Waals surface area contributed by atoms with Crippen molar-refractivity contribution in [2.24, 2.45) is 0 Å². The summed E-state index contributed by atoms with van der Waals surface area (Å²) in [4.78, 5) is 34.9. The van der Waals surface area contributed by atoms with Crippen molar-refractivity contribution in [1.29, 1.82) is 0 Å². The number of amides is 2. The predicted octanol–water partition coefficient (Wildman–Crippen LogP) is 3.28. The zero-order valence-electron chi connectivity index (χ0n) is 16.9. The second-order valence-electron chi connectivity index (χ2n) is 8.15. The lowest BCUT2D eigenvalue weighted by Crippen LogP contribution is -2.44. The zero-order valence-corrected chi connectivity index (χ0v) is 16.9. The minimum absolute atomic E-state index is 0.00576. The van der Waals surface area contributed by atoms with Gasteiger partial charge in [0.1, 0.15) is 17.0 Å². The Morgan fingerprint density at radius 1 is 1.07 bits per heavy atom. The molecule has 0 spiro atoms. The first kappa shape index (κ1) is 20.9. The number of carbonyl (C=O) groups excluding carboxylic acids is 2. The van der Waals surface area contributed by atoms with Gasteiger partial charge < -0.3 is 18.9 Å². The van der Waals surface area contributed by atoms with Crippen LogP contribution in [-0.4, -0.2) is 53.7 Å². The lowest BCUT2D eigenvalue weighted by Gasteiger charge is -2.29. The molecule has 1 aromatic heterocycles. The SMILES string of the molecule is COc1cnc(C2COC2)nc1N(C(=O)OC(C)(C)C)C(=O)OC(C)(C)C. The van der Waals surface area contributed by atoms with Crippen molar-refractivity contribution in [3.05, 3.63) is 12.0 Å². The van der Waals surface area contributed by atoms with E-state index in [-0.39, 0.29) is 17.5 Å². The molecule has 0 bridgehead atoms. The van der Waals surface area contributed by atoms with Gasteiger partial charge in [0.15, 0.2) is 11.6 Å². The smallest absolute Gasteiger partial charge is 0.425 e. The van der Waals surface area contributed by atoms with E-state index in [0.29, 0.717) is 19.0 Å². The molecule has 0 aliphatic carbocycles. The average Bonchev–Trinajstić information content (AvgIpc) is 2.42. The largest absolute Gasteiger partial charge is 0.491 e. The summed E-state index contributed by atoms with van der Waals surface area (Å²) in [5, 5.41) is 0. The molecule has 2 amide bonds. The van der Waals surface area contributed by atoms with Crippen LogP contribution in [0.3, 0.4) is 0 Å². The van der Waals surface area contributed by atoms with Gasteiger partial charge in [0, 0.05) is 0 Å². The van der Waals surface area contributed by atoms with Crippen molar-refractivity contribution in [3.63, 3.8) is 0 Å². The number of aromatic nitrogens is 2. The summed E-state index contributed by atoms with van der Waals surface area (Å²) in [6.45, 7) is 11.2. The molecule has 1 saturated heterocycles. The minimum atomic E-state index is -0.912. The zero-order chi connectivity index (χ0) is 20.4. The van der Waals surface area contributed by atoms with Crippen LogP contribution in [-0.2, 0) is 14.2 Å². The fourth-order valence-corrected chi connectivity index (χ4v) is 2.12. The van der Waals surface area contributed by atoms with Gasteiger partial charge >= 0.3 is 12.2 Å². The summed E-state index contributed by atoms with van der Waals surface area (Å²) in [6.07, 6.45) is -0.410. The molecule has 0 unspecified atom stereocenters. The van der Waals surface area contributed by atoms with E-state index in [0.717, 1.165) is 4.90 Å². The maximum absolute atomic E-state index is 12.8. The van der Waals surface area contributed by atoms with Crippen molar-refractivity contribution < 1.29 is 28.5 Å². The van der Waals surface area contributed by atoms with Gasteiger partial charge in [-0.2, -0.15) is 4.90 Å². The Morgan fingerprint density at radius 3 is 1.96 bits per heavy atom. The van der Waals surface area contributed by atoms with Crippen LogP contribution in [0.15, 0.2) is 6.20 Å². The molecule has 0 aromatic carbocycles. The van der Waals surface area contributed by atoms with E-state index in [2.05, 4.69) is 9.97 Å². The third-order valence-corrected chi connectivity index (χ3v) is 3.34. The standard InChI is InChI=1S/C18H27N3O6/c1-17(2,3)26-15(22)21(16(23)27-18(4,5)6)14-12(24-7)8-19-13(20-14)11-9-25-10-11/h8,11H,9-10H2,1-7H3. The molecule has 1 aliphatic rings. The second-order valence-corrected chi connectivity index (χ2v) is 8.15. The van der Waals surface area contributed by atoms with Crippen LogP contribution in [0.5, 0.6) is 5.75 Å². The number of nitrogens with zero attached hydrogens (tertiary/aromatic N) is 3. The van der Waals surface area contributed by atoms with E-state index >= 15 is 0 Å². The van der Waals surface area contributed by atoms with E-state index in [1.807, 2.05) is 0 Å². The molecule has 2 rings (SSSR count). The van der Waals surface area contributed by atoms with Gasteiger partial charge in [0.25, 0.3) is 0 Å². The Balaban J connectivity index is 2.47. The van der Waals surface area contributed by atoms with Crippen LogP contribution >= 0.6 is 0 Å². The Kier molecular flexibility index (Phi) is 5.94. The van der Waals surface area contributed by atoms with Crippen molar-refractivity contribution in [1.82, 2.24) is 9.97 Å². The highest BCUT2D eigenvalue weighted by atomic mass is 16.6. The van der Waals surface area contributed by atoms with Gasteiger partial charge in [-0.3, -0.25) is 0 Å². The van der Waals surface area contributed by atoms with Gasteiger partial charge in [-0.25, -0.2) is 19.6 Å². The van der Waals surface area contributed by atoms with Crippen LogP contribution in [0.4, 0.5) is 15.4 Å². The predicted molar refractivity (Wildman–Crippen MR) is 97.1 cm³/mol. The van der Waals surface area contributed by atoms with E-state index in [1.165, 1.54) is 13.3 Å². The molecular formula is C18H27N3O6. The van der Waals surface area contributed by atoms with Gasteiger partial charge in [-0.1, -0.05) is 0 Å². The maximum Gasteiger partial charge on any atom is 0.425 e. The van der Waals surface area contributed by atoms with Crippen molar-refractivity contribution in [3.8, 4) is 5.75 Å². The molecule has 2 heterocycles. The third-order valence-electron chi connectivity index (χ3n) is 3.34. The molecule has 27 heavy (non-hydrogen) atoms. The van der Waals surface area contributed by atoms with E-state index in [4.69, 9.17) is 18.9 Å². The van der Waals surface area contributed by atoms with Crippen LogP contribution in [0.2, 0.25) is 0 Å². The third kappa shape index (κ3) is 5.53. The normalized spacial score (nSPS) is 14.9. The first-order valence-electron chi connectivity index (χ1n) is 8.66. The summed E-state index contributed by atoms with van der Waals surface area (Å²) in [5.41, 5.74) is -1.63. The summed E-state index contributed by atoms with van der Waals surface area (Å²) < 4.78 is 21.2. The molecule has 9 nitrogen and oxygen atoms in total. The number of hydrogen-bond donors (Lipinski definition) is 0. The molecule has 0 saturated carbocycles.